The second kappa shape index (κ2) is 6.37. The molecule has 21 heavy (non-hydrogen) atoms. The SMILES string of the molecule is CCCNC(Cc1nc2ccccc2s1)c1nccn1C. The van der Waals surface area contributed by atoms with Gasteiger partial charge in [-0.3, -0.25) is 0 Å². The van der Waals surface area contributed by atoms with E-state index in [-0.39, 0.29) is 6.04 Å². The molecule has 1 aromatic carbocycles. The number of nitrogens with zero attached hydrogens (tertiary/aromatic N) is 3. The number of thiazole rings is 1. The summed E-state index contributed by atoms with van der Waals surface area (Å²) in [5.41, 5.74) is 1.09. The molecule has 2 aromatic heterocycles. The van der Waals surface area contributed by atoms with Gasteiger partial charge in [-0.2, -0.15) is 0 Å². The van der Waals surface area contributed by atoms with Crippen LogP contribution in [0.5, 0.6) is 0 Å². The van der Waals surface area contributed by atoms with E-state index >= 15 is 0 Å². The van der Waals surface area contributed by atoms with Gasteiger partial charge in [0.05, 0.1) is 21.3 Å². The smallest absolute Gasteiger partial charge is 0.126 e. The van der Waals surface area contributed by atoms with E-state index in [4.69, 9.17) is 4.98 Å². The van der Waals surface area contributed by atoms with Gasteiger partial charge in [-0.15, -0.1) is 11.3 Å². The van der Waals surface area contributed by atoms with Gasteiger partial charge < -0.3 is 9.88 Å². The Kier molecular flexibility index (Phi) is 4.31. The summed E-state index contributed by atoms with van der Waals surface area (Å²) in [7, 11) is 2.04. The monoisotopic (exact) mass is 300 g/mol. The minimum absolute atomic E-state index is 0.213. The summed E-state index contributed by atoms with van der Waals surface area (Å²) in [5.74, 6) is 1.07. The topological polar surface area (TPSA) is 42.7 Å². The first kappa shape index (κ1) is 14.2. The fraction of sp³-hybridized carbons (Fsp3) is 0.375. The predicted molar refractivity (Wildman–Crippen MR) is 87.6 cm³/mol. The third-order valence-corrected chi connectivity index (χ3v) is 4.59. The third kappa shape index (κ3) is 3.14. The molecule has 5 heteroatoms. The summed E-state index contributed by atoms with van der Waals surface area (Å²) in [5, 5.41) is 4.75. The van der Waals surface area contributed by atoms with Crippen molar-refractivity contribution in [3.63, 3.8) is 0 Å². The van der Waals surface area contributed by atoms with Gasteiger partial charge in [-0.05, 0) is 25.1 Å². The number of aryl methyl sites for hydroxylation is 1. The lowest BCUT2D eigenvalue weighted by Gasteiger charge is -2.17. The summed E-state index contributed by atoms with van der Waals surface area (Å²) >= 11 is 1.77. The average molecular weight is 300 g/mol. The fourth-order valence-corrected chi connectivity index (χ4v) is 3.48. The number of rotatable bonds is 6. The molecule has 0 amide bonds. The lowest BCUT2D eigenvalue weighted by atomic mass is 10.2. The minimum atomic E-state index is 0.213. The average Bonchev–Trinajstić information content (AvgIpc) is 3.08. The summed E-state index contributed by atoms with van der Waals surface area (Å²) < 4.78 is 3.34. The third-order valence-electron chi connectivity index (χ3n) is 3.53. The summed E-state index contributed by atoms with van der Waals surface area (Å²) in [6, 6.07) is 8.52. The lowest BCUT2D eigenvalue weighted by Crippen LogP contribution is -2.26. The minimum Gasteiger partial charge on any atom is -0.337 e. The Bertz CT molecular complexity index is 683. The molecule has 0 bridgehead atoms. The van der Waals surface area contributed by atoms with Gasteiger partial charge >= 0.3 is 0 Å². The zero-order valence-electron chi connectivity index (χ0n) is 12.4. The number of aromatic nitrogens is 3. The number of fused-ring (bicyclic) bond motifs is 1. The van der Waals surface area contributed by atoms with Crippen LogP contribution in [-0.2, 0) is 13.5 Å². The van der Waals surface area contributed by atoms with Crippen LogP contribution in [0.4, 0.5) is 0 Å². The number of imidazole rings is 1. The Hall–Kier alpha value is -1.72. The van der Waals surface area contributed by atoms with Crippen LogP contribution in [0.25, 0.3) is 10.2 Å². The van der Waals surface area contributed by atoms with Crippen LogP contribution in [-0.4, -0.2) is 21.1 Å². The quantitative estimate of drug-likeness (QED) is 0.759. The van der Waals surface area contributed by atoms with Gasteiger partial charge in [-0.25, -0.2) is 9.97 Å². The molecular weight excluding hydrogens is 280 g/mol. The molecule has 2 heterocycles. The van der Waals surface area contributed by atoms with Crippen LogP contribution in [0.3, 0.4) is 0 Å². The van der Waals surface area contributed by atoms with Crippen molar-refractivity contribution in [2.75, 3.05) is 6.54 Å². The van der Waals surface area contributed by atoms with Gasteiger partial charge in [-0.1, -0.05) is 19.1 Å². The second-order valence-electron chi connectivity index (χ2n) is 5.18. The van der Waals surface area contributed by atoms with Gasteiger partial charge in [0.25, 0.3) is 0 Å². The molecule has 0 aliphatic heterocycles. The lowest BCUT2D eigenvalue weighted by molar-refractivity contribution is 0.491. The van der Waals surface area contributed by atoms with Gasteiger partial charge in [0, 0.05) is 25.9 Å². The van der Waals surface area contributed by atoms with Crippen molar-refractivity contribution in [1.82, 2.24) is 19.9 Å². The molecule has 1 unspecified atom stereocenters. The number of para-hydroxylation sites is 1. The maximum Gasteiger partial charge on any atom is 0.126 e. The van der Waals surface area contributed by atoms with Gasteiger partial charge in [0.15, 0.2) is 0 Å². The van der Waals surface area contributed by atoms with Crippen LogP contribution in [0.2, 0.25) is 0 Å². The summed E-state index contributed by atoms with van der Waals surface area (Å²) in [6.07, 6.45) is 5.84. The van der Waals surface area contributed by atoms with Crippen molar-refractivity contribution in [1.29, 1.82) is 0 Å². The molecule has 3 rings (SSSR count). The van der Waals surface area contributed by atoms with Crippen molar-refractivity contribution in [2.45, 2.75) is 25.8 Å². The highest BCUT2D eigenvalue weighted by molar-refractivity contribution is 7.18. The Morgan fingerprint density at radius 1 is 1.33 bits per heavy atom. The summed E-state index contributed by atoms with van der Waals surface area (Å²) in [4.78, 5) is 9.24. The molecule has 0 radical (unpaired) electrons. The van der Waals surface area contributed by atoms with Crippen molar-refractivity contribution in [2.24, 2.45) is 7.05 Å². The molecule has 4 nitrogen and oxygen atoms in total. The van der Waals surface area contributed by atoms with Gasteiger partial charge in [0.2, 0.25) is 0 Å². The number of benzene rings is 1. The normalized spacial score (nSPS) is 12.9. The molecule has 0 saturated heterocycles. The van der Waals surface area contributed by atoms with E-state index in [2.05, 4.69) is 40.0 Å². The van der Waals surface area contributed by atoms with Gasteiger partial charge in [0.1, 0.15) is 5.82 Å². The van der Waals surface area contributed by atoms with E-state index in [1.54, 1.807) is 11.3 Å². The molecule has 3 aromatic rings. The van der Waals surface area contributed by atoms with Crippen molar-refractivity contribution < 1.29 is 0 Å². The first-order valence-electron chi connectivity index (χ1n) is 7.33. The van der Waals surface area contributed by atoms with Crippen LogP contribution in [0.1, 0.15) is 30.2 Å². The molecule has 0 spiro atoms. The van der Waals surface area contributed by atoms with Crippen molar-refractivity contribution >= 4 is 21.6 Å². The first-order valence-corrected chi connectivity index (χ1v) is 8.14. The van der Waals surface area contributed by atoms with E-state index in [1.807, 2.05) is 25.5 Å². The Morgan fingerprint density at radius 2 is 2.19 bits per heavy atom. The standard InChI is InChI=1S/C16H20N4S/c1-3-8-17-13(16-18-9-10-20(16)2)11-15-19-12-6-4-5-7-14(12)21-15/h4-7,9-10,13,17H,3,8,11H2,1-2H3. The molecule has 0 aliphatic carbocycles. The summed E-state index contributed by atoms with van der Waals surface area (Å²) in [6.45, 7) is 3.17. The van der Waals surface area contributed by atoms with Crippen molar-refractivity contribution in [3.05, 3.63) is 47.5 Å². The Labute approximate surface area is 128 Å². The molecular formula is C16H20N4S. The van der Waals surface area contributed by atoms with Crippen LogP contribution < -0.4 is 5.32 Å². The van der Waals surface area contributed by atoms with Crippen LogP contribution in [0.15, 0.2) is 36.7 Å². The van der Waals surface area contributed by atoms with Crippen LogP contribution in [0, 0.1) is 0 Å². The molecule has 0 saturated carbocycles. The van der Waals surface area contributed by atoms with E-state index in [0.29, 0.717) is 0 Å². The Morgan fingerprint density at radius 3 is 2.90 bits per heavy atom. The van der Waals surface area contributed by atoms with E-state index in [0.717, 1.165) is 35.7 Å². The van der Waals surface area contributed by atoms with E-state index in [9.17, 15) is 0 Å². The highest BCUT2D eigenvalue weighted by Gasteiger charge is 2.17. The molecule has 110 valence electrons. The molecule has 0 fully saturated rings. The maximum absolute atomic E-state index is 4.74. The number of hydrogen-bond acceptors (Lipinski definition) is 4. The zero-order valence-corrected chi connectivity index (χ0v) is 13.2. The molecule has 1 atom stereocenters. The predicted octanol–water partition coefficient (Wildman–Crippen LogP) is 3.31. The highest BCUT2D eigenvalue weighted by Crippen LogP contribution is 2.25. The van der Waals surface area contributed by atoms with E-state index in [1.165, 1.54) is 4.70 Å². The van der Waals surface area contributed by atoms with Crippen LogP contribution >= 0.6 is 11.3 Å². The molecule has 1 N–H and O–H groups in total. The zero-order chi connectivity index (χ0) is 14.7. The largest absolute Gasteiger partial charge is 0.337 e. The van der Waals surface area contributed by atoms with Crippen molar-refractivity contribution in [3.8, 4) is 0 Å². The second-order valence-corrected chi connectivity index (χ2v) is 6.30. The van der Waals surface area contributed by atoms with E-state index < -0.39 is 0 Å². The fourth-order valence-electron chi connectivity index (χ4n) is 2.47. The Balaban J connectivity index is 1.85. The molecule has 0 aliphatic rings. The number of hydrogen-bond donors (Lipinski definition) is 1. The highest BCUT2D eigenvalue weighted by atomic mass is 32.1. The first-order chi connectivity index (χ1) is 10.3. The maximum atomic E-state index is 4.74. The number of nitrogens with one attached hydrogen (secondary N) is 1.